The Kier molecular flexibility index (Phi) is 5.14. The van der Waals surface area contributed by atoms with E-state index in [9.17, 15) is 4.79 Å². The molecule has 152 valence electrons. The van der Waals surface area contributed by atoms with Gasteiger partial charge in [-0.25, -0.2) is 0 Å². The van der Waals surface area contributed by atoms with E-state index in [4.69, 9.17) is 14.6 Å². The minimum absolute atomic E-state index is 0.0743. The highest BCUT2D eigenvalue weighted by molar-refractivity contribution is 7.99. The van der Waals surface area contributed by atoms with Gasteiger partial charge in [-0.2, -0.15) is 0 Å². The van der Waals surface area contributed by atoms with Gasteiger partial charge in [0.25, 0.3) is 0 Å². The predicted octanol–water partition coefficient (Wildman–Crippen LogP) is 4.25. The van der Waals surface area contributed by atoms with Crippen molar-refractivity contribution in [1.29, 1.82) is 0 Å². The summed E-state index contributed by atoms with van der Waals surface area (Å²) >= 11 is 1.74. The van der Waals surface area contributed by atoms with Gasteiger partial charge in [-0.05, 0) is 47.7 Å². The Bertz CT molecular complexity index is 925. The smallest absolute Gasteiger partial charge is 0.303 e. The minimum Gasteiger partial charge on any atom is -0.486 e. The van der Waals surface area contributed by atoms with E-state index in [-0.39, 0.29) is 18.4 Å². The predicted molar refractivity (Wildman–Crippen MR) is 113 cm³/mol. The lowest BCUT2D eigenvalue weighted by atomic mass is 9.98. The normalized spacial score (nSPS) is 23.0. The lowest BCUT2D eigenvalue weighted by Crippen LogP contribution is -2.36. The molecule has 0 amide bonds. The molecule has 0 aromatic heterocycles. The molecule has 5 nitrogen and oxygen atoms in total. The van der Waals surface area contributed by atoms with Crippen LogP contribution in [0.2, 0.25) is 0 Å². The fourth-order valence-corrected chi connectivity index (χ4v) is 5.97. The van der Waals surface area contributed by atoms with Gasteiger partial charge in [0, 0.05) is 35.3 Å². The fraction of sp³-hybridized carbons (Fsp3) is 0.435. The van der Waals surface area contributed by atoms with Crippen molar-refractivity contribution in [3.05, 3.63) is 53.1 Å². The molecule has 2 aliphatic heterocycles. The molecule has 2 atom stereocenters. The zero-order chi connectivity index (χ0) is 19.8. The number of ether oxygens (including phenoxy) is 2. The standard InChI is InChI=1S/C23H25NO4S/c25-23(26)12-15-14-29-22-13-16(4-5-17(15)22)28-21-7-6-18-19(21)2-1-3-20(18)24-8-10-27-11-9-24/h1-5,13,15,21H,6-12,14H2,(H,25,26)/t15-,21?/m1/s1. The van der Waals surface area contributed by atoms with Crippen LogP contribution < -0.4 is 9.64 Å². The number of morpholine rings is 1. The first-order valence-electron chi connectivity index (χ1n) is 10.3. The Labute approximate surface area is 175 Å². The van der Waals surface area contributed by atoms with Crippen LogP contribution >= 0.6 is 11.8 Å². The van der Waals surface area contributed by atoms with Crippen molar-refractivity contribution >= 4 is 23.4 Å². The molecule has 0 saturated carbocycles. The van der Waals surface area contributed by atoms with Gasteiger partial charge in [0.15, 0.2) is 0 Å². The maximum absolute atomic E-state index is 11.1. The zero-order valence-corrected chi connectivity index (χ0v) is 17.1. The number of hydrogen-bond acceptors (Lipinski definition) is 5. The van der Waals surface area contributed by atoms with Gasteiger partial charge in [0.1, 0.15) is 11.9 Å². The van der Waals surface area contributed by atoms with Crippen molar-refractivity contribution in [2.75, 3.05) is 37.0 Å². The van der Waals surface area contributed by atoms with E-state index >= 15 is 0 Å². The van der Waals surface area contributed by atoms with Gasteiger partial charge in [0.05, 0.1) is 19.6 Å². The Hall–Kier alpha value is -2.18. The van der Waals surface area contributed by atoms with Crippen LogP contribution in [0, 0.1) is 0 Å². The van der Waals surface area contributed by atoms with Gasteiger partial charge >= 0.3 is 5.97 Å². The Morgan fingerprint density at radius 3 is 2.90 bits per heavy atom. The third kappa shape index (κ3) is 3.71. The molecule has 0 radical (unpaired) electrons. The molecule has 2 aromatic carbocycles. The van der Waals surface area contributed by atoms with Crippen LogP contribution in [0.4, 0.5) is 5.69 Å². The summed E-state index contributed by atoms with van der Waals surface area (Å²) in [6.07, 6.45) is 2.29. The summed E-state index contributed by atoms with van der Waals surface area (Å²) in [6.45, 7) is 3.47. The number of rotatable bonds is 5. The quantitative estimate of drug-likeness (QED) is 0.794. The maximum atomic E-state index is 11.1. The van der Waals surface area contributed by atoms with Crippen LogP contribution in [0.3, 0.4) is 0 Å². The molecule has 0 bridgehead atoms. The molecule has 1 unspecified atom stereocenters. The van der Waals surface area contributed by atoms with E-state index in [0.29, 0.717) is 0 Å². The second kappa shape index (κ2) is 7.92. The fourth-order valence-electron chi connectivity index (χ4n) is 4.69. The van der Waals surface area contributed by atoms with Gasteiger partial charge in [-0.1, -0.05) is 18.2 Å². The lowest BCUT2D eigenvalue weighted by Gasteiger charge is -2.30. The summed E-state index contributed by atoms with van der Waals surface area (Å²) < 4.78 is 11.9. The highest BCUT2D eigenvalue weighted by atomic mass is 32.2. The molecular formula is C23H25NO4S. The van der Waals surface area contributed by atoms with Crippen molar-refractivity contribution in [3.8, 4) is 5.75 Å². The van der Waals surface area contributed by atoms with Crippen LogP contribution in [-0.4, -0.2) is 43.1 Å². The average Bonchev–Trinajstić information content (AvgIpc) is 3.32. The summed E-state index contributed by atoms with van der Waals surface area (Å²) in [5.41, 5.74) is 5.19. The number of fused-ring (bicyclic) bond motifs is 2. The number of carbonyl (C=O) groups is 1. The second-order valence-corrected chi connectivity index (χ2v) is 8.96. The Morgan fingerprint density at radius 1 is 1.21 bits per heavy atom. The Balaban J connectivity index is 1.34. The van der Waals surface area contributed by atoms with Gasteiger partial charge in [-0.3, -0.25) is 4.79 Å². The molecule has 1 aliphatic carbocycles. The molecule has 1 fully saturated rings. The largest absolute Gasteiger partial charge is 0.486 e. The van der Waals surface area contributed by atoms with Crippen LogP contribution in [0.25, 0.3) is 0 Å². The van der Waals surface area contributed by atoms with E-state index in [1.54, 1.807) is 11.8 Å². The summed E-state index contributed by atoms with van der Waals surface area (Å²) in [4.78, 5) is 14.7. The first-order valence-corrected chi connectivity index (χ1v) is 11.3. The van der Waals surface area contributed by atoms with E-state index in [0.717, 1.165) is 61.1 Å². The number of benzene rings is 2. The minimum atomic E-state index is -0.734. The third-order valence-electron chi connectivity index (χ3n) is 6.11. The van der Waals surface area contributed by atoms with E-state index < -0.39 is 5.97 Å². The molecule has 3 aliphatic rings. The summed E-state index contributed by atoms with van der Waals surface area (Å²) in [5, 5.41) is 9.11. The molecule has 29 heavy (non-hydrogen) atoms. The van der Waals surface area contributed by atoms with Gasteiger partial charge < -0.3 is 19.5 Å². The van der Waals surface area contributed by atoms with Crippen LogP contribution in [0.15, 0.2) is 41.3 Å². The topological polar surface area (TPSA) is 59.0 Å². The Morgan fingerprint density at radius 2 is 2.07 bits per heavy atom. The van der Waals surface area contributed by atoms with Crippen molar-refractivity contribution in [3.63, 3.8) is 0 Å². The van der Waals surface area contributed by atoms with E-state index in [1.165, 1.54) is 16.8 Å². The van der Waals surface area contributed by atoms with Crippen LogP contribution in [0.1, 0.15) is 41.6 Å². The SMILES string of the molecule is O=C(O)C[C@@H]1CSc2cc(OC3CCc4c3cccc4N3CCOCC3)ccc21. The zero-order valence-electron chi connectivity index (χ0n) is 16.3. The van der Waals surface area contributed by atoms with Crippen molar-refractivity contribution in [1.82, 2.24) is 0 Å². The number of aliphatic carboxylic acids is 1. The monoisotopic (exact) mass is 411 g/mol. The number of thioether (sulfide) groups is 1. The number of nitrogens with zero attached hydrogens (tertiary/aromatic N) is 1. The number of carboxylic acid groups (broad SMARTS) is 1. The molecule has 2 heterocycles. The third-order valence-corrected chi connectivity index (χ3v) is 7.34. The lowest BCUT2D eigenvalue weighted by molar-refractivity contribution is -0.137. The number of anilines is 1. The van der Waals surface area contributed by atoms with Crippen molar-refractivity contribution in [2.45, 2.75) is 36.2 Å². The highest BCUT2D eigenvalue weighted by Crippen LogP contribution is 2.45. The maximum Gasteiger partial charge on any atom is 0.303 e. The second-order valence-electron chi connectivity index (χ2n) is 7.89. The molecular weight excluding hydrogens is 386 g/mol. The van der Waals surface area contributed by atoms with E-state index in [2.05, 4.69) is 35.2 Å². The number of hydrogen-bond donors (Lipinski definition) is 1. The van der Waals surface area contributed by atoms with Crippen molar-refractivity contribution < 1.29 is 19.4 Å². The molecule has 5 rings (SSSR count). The summed E-state index contributed by atoms with van der Waals surface area (Å²) in [6, 6.07) is 12.7. The molecule has 1 saturated heterocycles. The first kappa shape index (κ1) is 18.8. The van der Waals surface area contributed by atoms with Crippen molar-refractivity contribution in [2.24, 2.45) is 0 Å². The molecule has 2 aromatic rings. The van der Waals surface area contributed by atoms with Gasteiger partial charge in [-0.15, -0.1) is 11.8 Å². The molecule has 0 spiro atoms. The van der Waals surface area contributed by atoms with Crippen LogP contribution in [0.5, 0.6) is 5.75 Å². The number of carboxylic acids is 1. The van der Waals surface area contributed by atoms with E-state index in [1.807, 2.05) is 6.07 Å². The van der Waals surface area contributed by atoms with Crippen LogP contribution in [-0.2, 0) is 16.0 Å². The summed E-state index contributed by atoms with van der Waals surface area (Å²) in [5.74, 6) is 1.08. The first-order chi connectivity index (χ1) is 14.2. The molecule has 1 N–H and O–H groups in total. The molecule has 6 heteroatoms. The summed E-state index contributed by atoms with van der Waals surface area (Å²) in [7, 11) is 0. The highest BCUT2D eigenvalue weighted by Gasteiger charge is 2.30. The van der Waals surface area contributed by atoms with Gasteiger partial charge in [0.2, 0.25) is 0 Å². The average molecular weight is 412 g/mol.